The Bertz CT molecular complexity index is 1380. The third-order valence-electron chi connectivity index (χ3n) is 6.20. The lowest BCUT2D eigenvalue weighted by Gasteiger charge is -2.04. The van der Waals surface area contributed by atoms with Gasteiger partial charge in [-0.3, -0.25) is 0 Å². The highest BCUT2D eigenvalue weighted by molar-refractivity contribution is 7.15. The van der Waals surface area contributed by atoms with E-state index in [4.69, 9.17) is 4.42 Å². The van der Waals surface area contributed by atoms with E-state index in [-0.39, 0.29) is 0 Å². The van der Waals surface area contributed by atoms with Crippen molar-refractivity contribution in [2.75, 3.05) is 0 Å². The van der Waals surface area contributed by atoms with Gasteiger partial charge in [0.2, 0.25) is 5.69 Å². The van der Waals surface area contributed by atoms with E-state index in [9.17, 15) is 0 Å². The summed E-state index contributed by atoms with van der Waals surface area (Å²) in [5, 5.41) is 2.39. The van der Waals surface area contributed by atoms with Crippen molar-refractivity contribution >= 4 is 33.3 Å². The van der Waals surface area contributed by atoms with Gasteiger partial charge in [0.1, 0.15) is 18.2 Å². The van der Waals surface area contributed by atoms with Crippen molar-refractivity contribution < 1.29 is 8.98 Å². The molecule has 0 bridgehead atoms. The molecule has 3 heteroatoms. The number of aromatic nitrogens is 1. The number of benzene rings is 2. The molecule has 0 amide bonds. The van der Waals surface area contributed by atoms with Crippen LogP contribution in [0, 0.1) is 6.92 Å². The van der Waals surface area contributed by atoms with Crippen LogP contribution in [0.2, 0.25) is 0 Å². The highest BCUT2D eigenvalue weighted by Gasteiger charge is 2.22. The van der Waals surface area contributed by atoms with E-state index in [0.717, 1.165) is 11.2 Å². The number of hydrogen-bond donors (Lipinski definition) is 0. The first-order valence-electron chi connectivity index (χ1n) is 10.2. The number of nitrogens with zero attached hydrogens (tertiary/aromatic N) is 1. The maximum Gasteiger partial charge on any atom is 0.216 e. The third kappa shape index (κ3) is 2.50. The lowest BCUT2D eigenvalue weighted by Crippen LogP contribution is -2.30. The molecule has 5 aromatic rings. The van der Waals surface area contributed by atoms with E-state index in [1.165, 1.54) is 62.9 Å². The van der Waals surface area contributed by atoms with Gasteiger partial charge in [0.05, 0.1) is 5.56 Å². The molecule has 2 nitrogen and oxygen atoms in total. The van der Waals surface area contributed by atoms with Crippen molar-refractivity contribution in [2.45, 2.75) is 26.2 Å². The van der Waals surface area contributed by atoms with E-state index >= 15 is 0 Å². The highest BCUT2D eigenvalue weighted by atomic mass is 32.1. The molecule has 0 aliphatic heterocycles. The first-order valence-corrected chi connectivity index (χ1v) is 11.0. The Kier molecular flexibility index (Phi) is 3.69. The molecule has 3 heterocycles. The van der Waals surface area contributed by atoms with Crippen molar-refractivity contribution in [3.63, 3.8) is 0 Å². The number of furan rings is 1. The molecule has 0 spiro atoms. The van der Waals surface area contributed by atoms with Gasteiger partial charge in [0.25, 0.3) is 0 Å². The van der Waals surface area contributed by atoms with Gasteiger partial charge >= 0.3 is 0 Å². The summed E-state index contributed by atoms with van der Waals surface area (Å²) in [7, 11) is 2.09. The minimum Gasteiger partial charge on any atom is -0.454 e. The van der Waals surface area contributed by atoms with Gasteiger partial charge in [-0.2, -0.15) is 0 Å². The topological polar surface area (TPSA) is 17.0 Å². The smallest absolute Gasteiger partial charge is 0.216 e. The molecule has 0 radical (unpaired) electrons. The molecule has 0 fully saturated rings. The van der Waals surface area contributed by atoms with E-state index in [1.54, 1.807) is 4.88 Å². The second kappa shape index (κ2) is 6.30. The molecular weight excluding hydrogens is 374 g/mol. The minimum atomic E-state index is 0.985. The zero-order chi connectivity index (χ0) is 19.5. The van der Waals surface area contributed by atoms with Crippen molar-refractivity contribution in [1.82, 2.24) is 0 Å². The van der Waals surface area contributed by atoms with Crippen LogP contribution in [-0.4, -0.2) is 0 Å². The first kappa shape index (κ1) is 17.0. The van der Waals surface area contributed by atoms with Crippen LogP contribution < -0.4 is 4.57 Å². The minimum absolute atomic E-state index is 0.985. The largest absolute Gasteiger partial charge is 0.454 e. The molecule has 0 atom stereocenters. The first-order chi connectivity index (χ1) is 14.2. The van der Waals surface area contributed by atoms with E-state index in [2.05, 4.69) is 79.3 Å². The third-order valence-corrected chi connectivity index (χ3v) is 7.47. The van der Waals surface area contributed by atoms with Gasteiger partial charge in [0, 0.05) is 38.2 Å². The van der Waals surface area contributed by atoms with Crippen LogP contribution in [0.5, 0.6) is 0 Å². The maximum absolute atomic E-state index is 6.65. The molecule has 142 valence electrons. The van der Waals surface area contributed by atoms with Crippen LogP contribution in [-0.2, 0) is 19.9 Å². The van der Waals surface area contributed by atoms with Crippen LogP contribution in [0.3, 0.4) is 0 Å². The standard InChI is InChI=1S/C26H22NOS/c1-16-12-13-19-18-8-6-9-20(23-15-17-7-5-11-22(17)29-23)25(18)28-26(19)24(16)21-10-3-4-14-27(21)2/h3-4,6,8-10,12-15H,5,7,11H2,1-2H3/q+1. The summed E-state index contributed by atoms with van der Waals surface area (Å²) < 4.78 is 8.82. The second-order valence-corrected chi connectivity index (χ2v) is 9.16. The van der Waals surface area contributed by atoms with E-state index < -0.39 is 0 Å². The zero-order valence-corrected chi connectivity index (χ0v) is 17.5. The molecular formula is C26H22NOS+. The van der Waals surface area contributed by atoms with Crippen LogP contribution in [0.4, 0.5) is 0 Å². The lowest BCUT2D eigenvalue weighted by atomic mass is 10.00. The summed E-state index contributed by atoms with van der Waals surface area (Å²) in [6.45, 7) is 2.17. The Morgan fingerprint density at radius 1 is 0.931 bits per heavy atom. The molecule has 2 aromatic carbocycles. The number of para-hydroxylation sites is 1. The van der Waals surface area contributed by atoms with Gasteiger partial charge in [0.15, 0.2) is 6.20 Å². The molecule has 6 rings (SSSR count). The van der Waals surface area contributed by atoms with Gasteiger partial charge in [-0.25, -0.2) is 4.57 Å². The summed E-state index contributed by atoms with van der Waals surface area (Å²) in [6.07, 6.45) is 5.83. The maximum atomic E-state index is 6.65. The Morgan fingerprint density at radius 2 is 1.83 bits per heavy atom. The Labute approximate surface area is 174 Å². The highest BCUT2D eigenvalue weighted by Crippen LogP contribution is 2.43. The number of fused-ring (bicyclic) bond motifs is 4. The van der Waals surface area contributed by atoms with Gasteiger partial charge in [-0.15, -0.1) is 11.3 Å². The number of thiophene rings is 1. The summed E-state index contributed by atoms with van der Waals surface area (Å²) in [6, 6.07) is 19.7. The molecule has 0 saturated heterocycles. The number of rotatable bonds is 2. The predicted octanol–water partition coefficient (Wildman–Crippen LogP) is 6.60. The Balaban J connectivity index is 1.66. The summed E-state index contributed by atoms with van der Waals surface area (Å²) >= 11 is 1.94. The fraction of sp³-hybridized carbons (Fsp3) is 0.192. The average Bonchev–Trinajstić information content (AvgIpc) is 3.41. The summed E-state index contributed by atoms with van der Waals surface area (Å²) in [4.78, 5) is 2.89. The summed E-state index contributed by atoms with van der Waals surface area (Å²) in [5.74, 6) is 0. The second-order valence-electron chi connectivity index (χ2n) is 8.03. The van der Waals surface area contributed by atoms with Crippen LogP contribution >= 0.6 is 11.3 Å². The number of aryl methyl sites for hydroxylation is 4. The van der Waals surface area contributed by atoms with Crippen LogP contribution in [0.1, 0.15) is 22.4 Å². The molecule has 0 saturated carbocycles. The van der Waals surface area contributed by atoms with Crippen LogP contribution in [0.25, 0.3) is 43.6 Å². The van der Waals surface area contributed by atoms with E-state index in [1.807, 2.05) is 11.3 Å². The fourth-order valence-corrected chi connectivity index (χ4v) is 5.99. The normalized spacial score (nSPS) is 13.4. The summed E-state index contributed by atoms with van der Waals surface area (Å²) in [5.41, 5.74) is 8.33. The lowest BCUT2D eigenvalue weighted by molar-refractivity contribution is -0.660. The van der Waals surface area contributed by atoms with Crippen LogP contribution in [0.15, 0.2) is 65.2 Å². The Morgan fingerprint density at radius 3 is 2.69 bits per heavy atom. The van der Waals surface area contributed by atoms with Gasteiger partial charge in [-0.05, 0) is 55.5 Å². The Hall–Kier alpha value is -2.91. The molecule has 1 aliphatic rings. The van der Waals surface area contributed by atoms with Crippen molar-refractivity contribution in [3.05, 3.63) is 76.8 Å². The number of pyridine rings is 1. The van der Waals surface area contributed by atoms with E-state index in [0.29, 0.717) is 0 Å². The predicted molar refractivity (Wildman–Crippen MR) is 120 cm³/mol. The molecule has 0 N–H and O–H groups in total. The molecule has 1 aliphatic carbocycles. The van der Waals surface area contributed by atoms with Crippen molar-refractivity contribution in [2.24, 2.45) is 7.05 Å². The average molecular weight is 397 g/mol. The SMILES string of the molecule is Cc1ccc2c(oc3c(-c4cc5c(s4)CCC5)cccc32)c1-c1cccc[n+]1C. The quantitative estimate of drug-likeness (QED) is 0.307. The number of hydrogen-bond acceptors (Lipinski definition) is 2. The van der Waals surface area contributed by atoms with Crippen molar-refractivity contribution in [3.8, 4) is 21.7 Å². The fourth-order valence-electron chi connectivity index (χ4n) is 4.72. The monoisotopic (exact) mass is 396 g/mol. The molecule has 29 heavy (non-hydrogen) atoms. The van der Waals surface area contributed by atoms with Gasteiger partial charge < -0.3 is 4.42 Å². The molecule has 0 unspecified atom stereocenters. The van der Waals surface area contributed by atoms with Crippen molar-refractivity contribution in [1.29, 1.82) is 0 Å². The van der Waals surface area contributed by atoms with Gasteiger partial charge in [-0.1, -0.05) is 24.3 Å². The zero-order valence-electron chi connectivity index (χ0n) is 16.7. The molecule has 3 aromatic heterocycles.